The van der Waals surface area contributed by atoms with Gasteiger partial charge < -0.3 is 14.6 Å². The Bertz CT molecular complexity index is 747. The van der Waals surface area contributed by atoms with Crippen LogP contribution in [0.3, 0.4) is 0 Å². The summed E-state index contributed by atoms with van der Waals surface area (Å²) >= 11 is 0. The molecule has 0 spiro atoms. The third-order valence-electron chi connectivity index (χ3n) is 4.48. The summed E-state index contributed by atoms with van der Waals surface area (Å²) in [6, 6.07) is 8.44. The summed E-state index contributed by atoms with van der Waals surface area (Å²) in [4.78, 5) is 14.5. The number of nitrogens with zero attached hydrogens (tertiary/aromatic N) is 2. The normalized spacial score (nSPS) is 18.2. The number of benzene rings is 1. The van der Waals surface area contributed by atoms with Crippen LogP contribution in [0.15, 0.2) is 34.9 Å². The van der Waals surface area contributed by atoms with Crippen LogP contribution < -0.4 is 5.32 Å². The molecule has 1 N–H and O–H groups in total. The van der Waals surface area contributed by atoms with E-state index < -0.39 is 0 Å². The first kappa shape index (κ1) is 18.5. The Balaban J connectivity index is 1.50. The molecule has 2 aromatic rings. The van der Waals surface area contributed by atoms with Crippen LogP contribution in [-0.2, 0) is 16.1 Å². The maximum Gasteiger partial charge on any atom is 0.223 e. The minimum Gasteiger partial charge on any atom is -0.375 e. The van der Waals surface area contributed by atoms with Gasteiger partial charge in [-0.15, -0.1) is 0 Å². The van der Waals surface area contributed by atoms with E-state index in [2.05, 4.69) is 29.2 Å². The van der Waals surface area contributed by atoms with Crippen molar-refractivity contribution in [3.05, 3.63) is 41.9 Å². The molecule has 7 heteroatoms. The van der Waals surface area contributed by atoms with Crippen molar-refractivity contribution in [1.82, 2.24) is 15.4 Å². The zero-order valence-corrected chi connectivity index (χ0v) is 15.1. The van der Waals surface area contributed by atoms with Crippen LogP contribution in [0.1, 0.15) is 26.0 Å². The summed E-state index contributed by atoms with van der Waals surface area (Å²) in [5.74, 6) is 0.00922. The molecule has 1 atom stereocenters. The molecule has 0 aliphatic carbocycles. The number of nitrogens with one attached hydrogen (secondary N) is 1. The Morgan fingerprint density at radius 1 is 1.42 bits per heavy atom. The Morgan fingerprint density at radius 3 is 3.00 bits per heavy atom. The highest BCUT2D eigenvalue weighted by Crippen LogP contribution is 2.22. The van der Waals surface area contributed by atoms with Crippen molar-refractivity contribution >= 4 is 5.91 Å². The zero-order chi connectivity index (χ0) is 18.5. The molecule has 1 aliphatic rings. The molecule has 3 rings (SSSR count). The Morgan fingerprint density at radius 2 is 2.23 bits per heavy atom. The third kappa shape index (κ3) is 4.68. The second-order valence-corrected chi connectivity index (χ2v) is 6.72. The molecule has 1 aromatic heterocycles. The third-order valence-corrected chi connectivity index (χ3v) is 4.48. The average Bonchev–Trinajstić information content (AvgIpc) is 3.09. The van der Waals surface area contributed by atoms with E-state index in [1.54, 1.807) is 24.3 Å². The number of hydrogen-bond donors (Lipinski definition) is 1. The SMILES string of the molecule is CC(C)N1CCO[C@H](CC(=O)NCc2cc(-c3ccccc3F)no2)C1. The molecule has 1 aromatic carbocycles. The molecule has 1 fully saturated rings. The molecule has 1 aliphatic heterocycles. The highest BCUT2D eigenvalue weighted by Gasteiger charge is 2.24. The Labute approximate surface area is 152 Å². The first-order valence-corrected chi connectivity index (χ1v) is 8.86. The van der Waals surface area contributed by atoms with Gasteiger partial charge in [0.2, 0.25) is 5.91 Å². The van der Waals surface area contributed by atoms with Gasteiger partial charge >= 0.3 is 0 Å². The van der Waals surface area contributed by atoms with Gasteiger partial charge in [-0.2, -0.15) is 0 Å². The maximum atomic E-state index is 13.8. The van der Waals surface area contributed by atoms with Crippen molar-refractivity contribution in [1.29, 1.82) is 0 Å². The molecular weight excluding hydrogens is 337 g/mol. The van der Waals surface area contributed by atoms with Crippen LogP contribution in [0, 0.1) is 5.82 Å². The standard InChI is InChI=1S/C19H24FN3O3/c1-13(2)23-7-8-25-15(12-23)10-19(24)21-11-14-9-18(22-26-14)16-5-3-4-6-17(16)20/h3-6,9,13,15H,7-8,10-12H2,1-2H3,(H,21,24)/t15-/m1/s1. The van der Waals surface area contributed by atoms with Gasteiger partial charge in [0.05, 0.1) is 25.7 Å². The second kappa shape index (κ2) is 8.42. The fraction of sp³-hybridized carbons (Fsp3) is 0.474. The molecule has 0 saturated carbocycles. The average molecular weight is 361 g/mol. The van der Waals surface area contributed by atoms with Crippen LogP contribution in [0.4, 0.5) is 4.39 Å². The minimum absolute atomic E-state index is 0.102. The number of hydrogen-bond acceptors (Lipinski definition) is 5. The smallest absolute Gasteiger partial charge is 0.223 e. The van der Waals surface area contributed by atoms with Crippen LogP contribution in [0.5, 0.6) is 0 Å². The van der Waals surface area contributed by atoms with Crippen LogP contribution in [-0.4, -0.2) is 47.8 Å². The topological polar surface area (TPSA) is 67.6 Å². The number of halogens is 1. The van der Waals surface area contributed by atoms with Crippen LogP contribution in [0.25, 0.3) is 11.3 Å². The lowest BCUT2D eigenvalue weighted by Crippen LogP contribution is -2.47. The highest BCUT2D eigenvalue weighted by atomic mass is 19.1. The van der Waals surface area contributed by atoms with Gasteiger partial charge in [-0.3, -0.25) is 9.69 Å². The number of amides is 1. The summed E-state index contributed by atoms with van der Waals surface area (Å²) in [6.07, 6.45) is 0.201. The number of ether oxygens (including phenoxy) is 1. The number of rotatable bonds is 6. The first-order valence-electron chi connectivity index (χ1n) is 8.86. The predicted octanol–water partition coefficient (Wildman–Crippen LogP) is 2.60. The lowest BCUT2D eigenvalue weighted by Gasteiger charge is -2.35. The van der Waals surface area contributed by atoms with Gasteiger partial charge in [0, 0.05) is 30.8 Å². The molecule has 1 amide bonds. The van der Waals surface area contributed by atoms with Gasteiger partial charge in [-0.1, -0.05) is 17.3 Å². The summed E-state index contributed by atoms with van der Waals surface area (Å²) in [5.41, 5.74) is 0.786. The van der Waals surface area contributed by atoms with Crippen molar-refractivity contribution in [3.8, 4) is 11.3 Å². The molecule has 0 unspecified atom stereocenters. The van der Waals surface area contributed by atoms with E-state index in [1.807, 2.05) is 0 Å². The van der Waals surface area contributed by atoms with Gasteiger partial charge in [-0.25, -0.2) is 4.39 Å². The van der Waals surface area contributed by atoms with E-state index in [9.17, 15) is 9.18 Å². The van der Waals surface area contributed by atoms with E-state index in [-0.39, 0.29) is 24.4 Å². The van der Waals surface area contributed by atoms with Crippen molar-refractivity contribution in [3.63, 3.8) is 0 Å². The molecular formula is C19H24FN3O3. The monoisotopic (exact) mass is 361 g/mol. The number of aromatic nitrogens is 1. The first-order chi connectivity index (χ1) is 12.5. The van der Waals surface area contributed by atoms with Gasteiger partial charge in [0.25, 0.3) is 0 Å². The Kier molecular flexibility index (Phi) is 6.00. The molecule has 140 valence electrons. The fourth-order valence-corrected chi connectivity index (χ4v) is 2.99. The number of morpholine rings is 1. The largest absolute Gasteiger partial charge is 0.375 e. The molecule has 2 heterocycles. The van der Waals surface area contributed by atoms with Crippen molar-refractivity contribution in [2.24, 2.45) is 0 Å². The summed E-state index contributed by atoms with van der Waals surface area (Å²) in [5, 5.41) is 6.68. The van der Waals surface area contributed by atoms with Gasteiger partial charge in [0.15, 0.2) is 5.76 Å². The summed E-state index contributed by atoms with van der Waals surface area (Å²) in [7, 11) is 0. The van der Waals surface area contributed by atoms with Crippen molar-refractivity contribution in [2.45, 2.75) is 39.0 Å². The lowest BCUT2D eigenvalue weighted by molar-refractivity contribution is -0.126. The van der Waals surface area contributed by atoms with Gasteiger partial charge in [0.1, 0.15) is 11.5 Å². The summed E-state index contributed by atoms with van der Waals surface area (Å²) < 4.78 is 24.6. The zero-order valence-electron chi connectivity index (χ0n) is 15.1. The molecule has 0 radical (unpaired) electrons. The van der Waals surface area contributed by atoms with E-state index in [4.69, 9.17) is 9.26 Å². The van der Waals surface area contributed by atoms with E-state index >= 15 is 0 Å². The number of carbonyl (C=O) groups is 1. The van der Waals surface area contributed by atoms with Crippen LogP contribution >= 0.6 is 0 Å². The Hall–Kier alpha value is -2.25. The van der Waals surface area contributed by atoms with E-state index in [0.717, 1.165) is 13.1 Å². The lowest BCUT2D eigenvalue weighted by atomic mass is 10.1. The molecule has 0 bridgehead atoms. The van der Waals surface area contributed by atoms with Crippen molar-refractivity contribution < 1.29 is 18.4 Å². The van der Waals surface area contributed by atoms with E-state index in [1.165, 1.54) is 6.07 Å². The van der Waals surface area contributed by atoms with E-state index in [0.29, 0.717) is 36.1 Å². The predicted molar refractivity (Wildman–Crippen MR) is 94.8 cm³/mol. The quantitative estimate of drug-likeness (QED) is 0.857. The van der Waals surface area contributed by atoms with Crippen LogP contribution in [0.2, 0.25) is 0 Å². The summed E-state index contributed by atoms with van der Waals surface area (Å²) in [6.45, 7) is 6.78. The minimum atomic E-state index is -0.361. The number of carbonyl (C=O) groups excluding carboxylic acids is 1. The van der Waals surface area contributed by atoms with Crippen molar-refractivity contribution in [2.75, 3.05) is 19.7 Å². The second-order valence-electron chi connectivity index (χ2n) is 6.72. The maximum absolute atomic E-state index is 13.8. The van der Waals surface area contributed by atoms with Gasteiger partial charge in [-0.05, 0) is 26.0 Å². The molecule has 26 heavy (non-hydrogen) atoms. The fourth-order valence-electron chi connectivity index (χ4n) is 2.99. The molecule has 1 saturated heterocycles. The molecule has 6 nitrogen and oxygen atoms in total. The highest BCUT2D eigenvalue weighted by molar-refractivity contribution is 5.76.